The van der Waals surface area contributed by atoms with Crippen molar-refractivity contribution in [3.05, 3.63) is 157 Å². The van der Waals surface area contributed by atoms with Crippen molar-refractivity contribution in [2.24, 2.45) is 0 Å². The van der Waals surface area contributed by atoms with Gasteiger partial charge < -0.3 is 18.6 Å². The van der Waals surface area contributed by atoms with Gasteiger partial charge in [-0.3, -0.25) is 0 Å². The third-order valence-corrected chi connectivity index (χ3v) is 12.1. The molecule has 1 aliphatic heterocycles. The van der Waals surface area contributed by atoms with Crippen LogP contribution >= 0.6 is 16.1 Å². The lowest BCUT2D eigenvalue weighted by molar-refractivity contribution is -0.141. The number of hydrogen-bond donors (Lipinski definition) is 0. The number of allylic oxidation sites excluding steroid dienone is 1. The first-order valence-electron chi connectivity index (χ1n) is 15.3. The second-order valence-corrected chi connectivity index (χ2v) is 14.5. The molecule has 46 heavy (non-hydrogen) atoms. The fourth-order valence-corrected chi connectivity index (χ4v) is 10.2. The van der Waals surface area contributed by atoms with Crippen LogP contribution in [0.2, 0.25) is 0 Å². The van der Waals surface area contributed by atoms with Crippen molar-refractivity contribution in [3.8, 4) is 0 Å². The highest BCUT2D eigenvalue weighted by atomic mass is 31.1. The number of nitrogens with zero attached hydrogens (tertiary/aromatic N) is 2. The molecule has 9 heteroatoms. The van der Waals surface area contributed by atoms with E-state index in [2.05, 4.69) is 76.7 Å². The Morgan fingerprint density at radius 2 is 0.978 bits per heavy atom. The summed E-state index contributed by atoms with van der Waals surface area (Å²) in [7, 11) is -2.43. The molecule has 232 valence electrons. The Morgan fingerprint density at radius 3 is 1.30 bits per heavy atom. The molecular weight excluding hydrogens is 609 g/mol. The van der Waals surface area contributed by atoms with Crippen molar-refractivity contribution in [1.29, 1.82) is 0 Å². The topological polar surface area (TPSA) is 59.1 Å². The number of rotatable bonds is 13. The molecule has 0 N–H and O–H groups in total. The predicted molar refractivity (Wildman–Crippen MR) is 192 cm³/mol. The van der Waals surface area contributed by atoms with Gasteiger partial charge in [0.1, 0.15) is 0 Å². The lowest BCUT2D eigenvalue weighted by Gasteiger charge is -2.39. The standard InChI is InChI=1S/C37H37BN2O4P2/c1-4-19-34(36(41)43-5-2)35(37(42)44-6-3)38-39(45(30-20-11-7-12-21-30)31-22-13-8-14-23-31)28-29-40(38)46(32-24-15-9-16-25-32)33-26-17-10-18-27-33/h4,7-18,20-29H,1,5-6,19H2,2-3H3/b35-34+. The average Bonchev–Trinajstić information content (AvgIpc) is 3.50. The SMILES string of the molecule is C=CC/C(C(=O)OCC)=C(\B1N(P(c2ccccc2)c2ccccc2)C=CN1P(c1ccccc1)c1ccccc1)C(=O)OCC. The van der Waals surface area contributed by atoms with E-state index < -0.39 is 35.1 Å². The monoisotopic (exact) mass is 646 g/mol. The van der Waals surface area contributed by atoms with E-state index in [9.17, 15) is 9.59 Å². The van der Waals surface area contributed by atoms with Gasteiger partial charge in [-0.05, 0) is 41.5 Å². The Kier molecular flexibility index (Phi) is 11.6. The largest absolute Gasteiger partial charge is 0.463 e. The molecule has 4 aromatic rings. The fourth-order valence-electron chi connectivity index (χ4n) is 5.40. The van der Waals surface area contributed by atoms with E-state index in [-0.39, 0.29) is 30.7 Å². The number of carbonyl (C=O) groups excluding carboxylic acids is 2. The van der Waals surface area contributed by atoms with Gasteiger partial charge in [0.15, 0.2) is 0 Å². The molecule has 0 fully saturated rings. The van der Waals surface area contributed by atoms with Gasteiger partial charge >= 0.3 is 18.9 Å². The molecule has 0 saturated carbocycles. The third-order valence-electron chi connectivity index (χ3n) is 7.29. The van der Waals surface area contributed by atoms with Crippen LogP contribution in [0.5, 0.6) is 0 Å². The highest BCUT2D eigenvalue weighted by Crippen LogP contribution is 2.51. The maximum atomic E-state index is 14.2. The minimum atomic E-state index is -1.21. The fraction of sp³-hybridized carbons (Fsp3) is 0.135. The zero-order valence-corrected chi connectivity index (χ0v) is 27.9. The van der Waals surface area contributed by atoms with E-state index in [1.807, 2.05) is 72.8 Å². The van der Waals surface area contributed by atoms with Crippen molar-refractivity contribution in [2.75, 3.05) is 13.2 Å². The van der Waals surface area contributed by atoms with E-state index in [1.54, 1.807) is 19.9 Å². The first-order valence-corrected chi connectivity index (χ1v) is 17.9. The maximum absolute atomic E-state index is 14.2. The minimum absolute atomic E-state index is 0.147. The van der Waals surface area contributed by atoms with Crippen LogP contribution in [-0.2, 0) is 19.1 Å². The molecule has 0 unspecified atom stereocenters. The quantitative estimate of drug-likeness (QED) is 0.0568. The average molecular weight is 646 g/mol. The molecule has 5 rings (SSSR count). The highest BCUT2D eigenvalue weighted by Gasteiger charge is 2.49. The Hall–Kier alpha value is -4.44. The molecule has 0 amide bonds. The Morgan fingerprint density at radius 1 is 0.630 bits per heavy atom. The number of ether oxygens (including phenoxy) is 2. The zero-order valence-electron chi connectivity index (χ0n) is 26.1. The van der Waals surface area contributed by atoms with Crippen LogP contribution in [0.25, 0.3) is 0 Å². The van der Waals surface area contributed by atoms with Crippen molar-refractivity contribution in [2.45, 2.75) is 20.3 Å². The summed E-state index contributed by atoms with van der Waals surface area (Å²) < 4.78 is 15.8. The van der Waals surface area contributed by atoms with Crippen molar-refractivity contribution >= 4 is 56.3 Å². The van der Waals surface area contributed by atoms with Crippen LogP contribution in [0.1, 0.15) is 20.3 Å². The number of hydrogen-bond acceptors (Lipinski definition) is 6. The van der Waals surface area contributed by atoms with Crippen LogP contribution in [-0.4, -0.2) is 41.3 Å². The molecule has 4 aromatic carbocycles. The van der Waals surface area contributed by atoms with E-state index >= 15 is 0 Å². The lowest BCUT2D eigenvalue weighted by Crippen LogP contribution is -2.49. The summed E-state index contributed by atoms with van der Waals surface area (Å²) in [4.78, 5) is 27.9. The van der Waals surface area contributed by atoms with Gasteiger partial charge in [0.05, 0.1) is 18.7 Å². The van der Waals surface area contributed by atoms with Crippen LogP contribution in [0.15, 0.2) is 157 Å². The van der Waals surface area contributed by atoms with Gasteiger partial charge in [-0.2, -0.15) is 0 Å². The Labute approximate surface area is 274 Å². The van der Waals surface area contributed by atoms with E-state index in [1.165, 1.54) is 0 Å². The number of benzene rings is 4. The summed E-state index contributed by atoms with van der Waals surface area (Å²) in [5.74, 6) is -1.10. The summed E-state index contributed by atoms with van der Waals surface area (Å²) in [6, 6.07) is 41.2. The van der Waals surface area contributed by atoms with Gasteiger partial charge in [-0.15, -0.1) is 6.58 Å². The van der Waals surface area contributed by atoms with E-state index in [0.717, 1.165) is 21.2 Å². The summed E-state index contributed by atoms with van der Waals surface area (Å²) in [5.41, 5.74) is 0.495. The molecule has 0 bridgehead atoms. The molecule has 0 saturated heterocycles. The normalized spacial score (nSPS) is 13.2. The van der Waals surface area contributed by atoms with E-state index in [0.29, 0.717) is 0 Å². The van der Waals surface area contributed by atoms with Gasteiger partial charge in [0, 0.05) is 34.1 Å². The summed E-state index contributed by atoms with van der Waals surface area (Å²) in [5, 5.41) is 4.42. The summed E-state index contributed by atoms with van der Waals surface area (Å²) in [6.07, 6.45) is 5.91. The van der Waals surface area contributed by atoms with Gasteiger partial charge in [-0.25, -0.2) is 9.59 Å². The molecule has 1 heterocycles. The van der Waals surface area contributed by atoms with Gasteiger partial charge in [0.25, 0.3) is 0 Å². The lowest BCUT2D eigenvalue weighted by atomic mass is 9.65. The van der Waals surface area contributed by atoms with Gasteiger partial charge in [-0.1, -0.05) is 127 Å². The smallest absolute Gasteiger partial charge is 0.426 e. The predicted octanol–water partition coefficient (Wildman–Crippen LogP) is 6.20. The van der Waals surface area contributed by atoms with Crippen LogP contribution < -0.4 is 21.2 Å². The first-order chi connectivity index (χ1) is 22.6. The summed E-state index contributed by atoms with van der Waals surface area (Å²) in [6.45, 7) is 7.10. The number of esters is 2. The Bertz CT molecular complexity index is 1500. The molecule has 1 aliphatic rings. The highest BCUT2D eigenvalue weighted by molar-refractivity contribution is 7.74. The molecule has 0 spiro atoms. The first kappa shape index (κ1) is 32.9. The van der Waals surface area contributed by atoms with Crippen LogP contribution in [0.4, 0.5) is 0 Å². The van der Waals surface area contributed by atoms with E-state index in [4.69, 9.17) is 9.47 Å². The molecule has 0 radical (unpaired) electrons. The summed E-state index contributed by atoms with van der Waals surface area (Å²) >= 11 is 0. The van der Waals surface area contributed by atoms with Crippen LogP contribution in [0.3, 0.4) is 0 Å². The van der Waals surface area contributed by atoms with Gasteiger partial charge in [0.2, 0.25) is 0 Å². The number of carbonyl (C=O) groups is 2. The van der Waals surface area contributed by atoms with Crippen LogP contribution in [0, 0.1) is 0 Å². The molecule has 0 aliphatic carbocycles. The van der Waals surface area contributed by atoms with Crippen molar-refractivity contribution in [3.63, 3.8) is 0 Å². The van der Waals surface area contributed by atoms with Crippen molar-refractivity contribution in [1.82, 2.24) is 9.16 Å². The molecule has 6 nitrogen and oxygen atoms in total. The minimum Gasteiger partial charge on any atom is -0.463 e. The zero-order chi connectivity index (χ0) is 32.3. The molecule has 0 aromatic heterocycles. The maximum Gasteiger partial charge on any atom is 0.426 e. The molecular formula is C37H37BN2O4P2. The second kappa shape index (κ2) is 16.2. The van der Waals surface area contributed by atoms with Crippen molar-refractivity contribution < 1.29 is 19.1 Å². The third kappa shape index (κ3) is 7.34. The Balaban J connectivity index is 1.82. The second-order valence-electron chi connectivity index (χ2n) is 10.2. The molecule has 0 atom stereocenters.